The van der Waals surface area contributed by atoms with Crippen LogP contribution in [0.2, 0.25) is 0 Å². The van der Waals surface area contributed by atoms with Crippen molar-refractivity contribution in [2.24, 2.45) is 11.8 Å². The summed E-state index contributed by atoms with van der Waals surface area (Å²) in [4.78, 5) is 47.5. The molecule has 0 bridgehead atoms. The van der Waals surface area contributed by atoms with E-state index < -0.39 is 17.7 Å². The number of carbonyl (C=O) groups is 3. The SMILES string of the molecule is CCCCCCCCCCCCCCCCC(=O)C(=O)OOC(=O)C(CCCCCCCCCCCCCCCC)CC(CC)CCCC. The quantitative estimate of drug-likeness (QED) is 0.0279. The maximum Gasteiger partial charge on any atom is 0.421 e. The van der Waals surface area contributed by atoms with E-state index >= 15 is 0 Å². The van der Waals surface area contributed by atoms with Crippen LogP contribution in [-0.4, -0.2) is 17.7 Å². The Labute approximate surface area is 305 Å². The minimum Gasteiger partial charge on any atom is -0.287 e. The molecule has 0 aromatic heterocycles. The molecule has 0 heterocycles. The molecule has 0 spiro atoms. The molecule has 0 fully saturated rings. The van der Waals surface area contributed by atoms with E-state index in [1.165, 1.54) is 148 Å². The average molecular weight is 693 g/mol. The van der Waals surface area contributed by atoms with E-state index in [4.69, 9.17) is 9.78 Å². The van der Waals surface area contributed by atoms with Crippen LogP contribution in [0.3, 0.4) is 0 Å². The zero-order valence-corrected chi connectivity index (χ0v) is 33.4. The Morgan fingerprint density at radius 3 is 1.16 bits per heavy atom. The van der Waals surface area contributed by atoms with Crippen molar-refractivity contribution in [1.82, 2.24) is 0 Å². The van der Waals surface area contributed by atoms with Crippen molar-refractivity contribution in [1.29, 1.82) is 0 Å². The van der Waals surface area contributed by atoms with Gasteiger partial charge < -0.3 is 0 Å². The fourth-order valence-corrected chi connectivity index (χ4v) is 7.08. The normalized spacial score (nSPS) is 12.6. The average Bonchev–Trinajstić information content (AvgIpc) is 3.11. The van der Waals surface area contributed by atoms with Gasteiger partial charge in [0.05, 0.1) is 5.92 Å². The highest BCUT2D eigenvalue weighted by molar-refractivity contribution is 6.33. The predicted octanol–water partition coefficient (Wildman–Crippen LogP) is 14.5. The van der Waals surface area contributed by atoms with Crippen molar-refractivity contribution in [2.75, 3.05) is 0 Å². The minimum atomic E-state index is -1.03. The molecule has 0 saturated heterocycles. The van der Waals surface area contributed by atoms with Gasteiger partial charge in [-0.05, 0) is 25.2 Å². The van der Waals surface area contributed by atoms with Gasteiger partial charge in [-0.15, -0.1) is 0 Å². The van der Waals surface area contributed by atoms with Gasteiger partial charge in [0.2, 0.25) is 5.78 Å². The number of hydrogen-bond acceptors (Lipinski definition) is 5. The molecule has 0 saturated carbocycles. The van der Waals surface area contributed by atoms with Crippen LogP contribution in [0.25, 0.3) is 0 Å². The van der Waals surface area contributed by atoms with Gasteiger partial charge in [0.1, 0.15) is 0 Å². The number of Topliss-reactive ketones (excluding diaryl/α,β-unsaturated/α-hetero) is 1. The molecule has 0 aromatic carbocycles. The largest absolute Gasteiger partial charge is 0.421 e. The Hall–Kier alpha value is -1.39. The van der Waals surface area contributed by atoms with Gasteiger partial charge in [-0.3, -0.25) is 4.79 Å². The third-order valence-electron chi connectivity index (χ3n) is 10.6. The molecule has 5 nitrogen and oxygen atoms in total. The first kappa shape index (κ1) is 47.6. The van der Waals surface area contributed by atoms with Crippen molar-refractivity contribution in [2.45, 2.75) is 252 Å². The maximum atomic E-state index is 13.0. The van der Waals surface area contributed by atoms with Gasteiger partial charge in [0.25, 0.3) is 0 Å². The zero-order chi connectivity index (χ0) is 36.0. The molecule has 0 N–H and O–H groups in total. The lowest BCUT2D eigenvalue weighted by atomic mass is 9.86. The van der Waals surface area contributed by atoms with E-state index in [1.807, 2.05) is 0 Å². The summed E-state index contributed by atoms with van der Waals surface area (Å²) >= 11 is 0. The zero-order valence-electron chi connectivity index (χ0n) is 33.4. The third kappa shape index (κ3) is 32.3. The summed E-state index contributed by atoms with van der Waals surface area (Å²) in [6, 6.07) is 0. The van der Waals surface area contributed by atoms with Crippen LogP contribution >= 0.6 is 0 Å². The monoisotopic (exact) mass is 693 g/mol. The molecule has 0 rings (SSSR count). The lowest BCUT2D eigenvalue weighted by Gasteiger charge is -2.21. The highest BCUT2D eigenvalue weighted by Crippen LogP contribution is 2.27. The number of carbonyl (C=O) groups excluding carboxylic acids is 3. The first-order valence-corrected chi connectivity index (χ1v) is 21.9. The van der Waals surface area contributed by atoms with Gasteiger partial charge in [0, 0.05) is 6.42 Å². The molecule has 49 heavy (non-hydrogen) atoms. The van der Waals surface area contributed by atoms with Crippen LogP contribution in [0.5, 0.6) is 0 Å². The Morgan fingerprint density at radius 2 is 0.776 bits per heavy atom. The lowest BCUT2D eigenvalue weighted by molar-refractivity contribution is -0.260. The molecule has 290 valence electrons. The van der Waals surface area contributed by atoms with Crippen LogP contribution in [0.1, 0.15) is 252 Å². The second-order valence-corrected chi connectivity index (χ2v) is 15.3. The van der Waals surface area contributed by atoms with E-state index in [2.05, 4.69) is 27.7 Å². The molecule has 0 aliphatic heterocycles. The lowest BCUT2D eigenvalue weighted by Crippen LogP contribution is -2.25. The summed E-state index contributed by atoms with van der Waals surface area (Å²) in [5, 5.41) is 0. The van der Waals surface area contributed by atoms with Crippen molar-refractivity contribution in [3.63, 3.8) is 0 Å². The second kappa shape index (κ2) is 37.9. The van der Waals surface area contributed by atoms with Crippen molar-refractivity contribution < 1.29 is 24.2 Å². The fourth-order valence-electron chi connectivity index (χ4n) is 7.08. The second-order valence-electron chi connectivity index (χ2n) is 15.3. The van der Waals surface area contributed by atoms with Crippen LogP contribution in [0.15, 0.2) is 0 Å². The van der Waals surface area contributed by atoms with Crippen molar-refractivity contribution in [3.8, 4) is 0 Å². The van der Waals surface area contributed by atoms with E-state index in [1.54, 1.807) is 0 Å². The molecule has 0 aliphatic carbocycles. The first-order chi connectivity index (χ1) is 24.0. The van der Waals surface area contributed by atoms with Crippen molar-refractivity contribution in [3.05, 3.63) is 0 Å². The van der Waals surface area contributed by atoms with E-state index in [-0.39, 0.29) is 12.3 Å². The maximum absolute atomic E-state index is 13.0. The molecule has 2 unspecified atom stereocenters. The molecular formula is C44H84O5. The van der Waals surface area contributed by atoms with Crippen LogP contribution in [-0.2, 0) is 24.2 Å². The van der Waals surface area contributed by atoms with E-state index in [0.29, 0.717) is 12.3 Å². The molecule has 0 radical (unpaired) electrons. The Morgan fingerprint density at radius 1 is 0.408 bits per heavy atom. The standard InChI is InChI=1S/C44H84O5/c1-5-9-12-14-16-18-20-22-24-26-28-30-32-34-37-41(39-40(8-4)36-11-7-3)43(46)48-49-44(47)42(45)38-35-33-31-29-27-25-23-21-19-17-15-13-10-6-2/h40-41H,5-39H2,1-4H3. The number of unbranched alkanes of at least 4 members (excludes halogenated alkanes) is 27. The molecule has 0 aliphatic rings. The highest BCUT2D eigenvalue weighted by Gasteiger charge is 2.27. The summed E-state index contributed by atoms with van der Waals surface area (Å²) in [6.07, 6.45) is 41.7. The molecule has 0 aromatic rings. The first-order valence-electron chi connectivity index (χ1n) is 21.9. The number of rotatable bonds is 38. The summed E-state index contributed by atoms with van der Waals surface area (Å²) in [6.45, 7) is 8.92. The van der Waals surface area contributed by atoms with E-state index in [0.717, 1.165) is 64.2 Å². The van der Waals surface area contributed by atoms with Gasteiger partial charge in [0.15, 0.2) is 0 Å². The Balaban J connectivity index is 4.20. The molecule has 0 amide bonds. The molecule has 5 heteroatoms. The Kier molecular flexibility index (Phi) is 36.8. The number of hydrogen-bond donors (Lipinski definition) is 0. The summed E-state index contributed by atoms with van der Waals surface area (Å²) < 4.78 is 0. The number of ketones is 1. The fraction of sp³-hybridized carbons (Fsp3) is 0.932. The summed E-state index contributed by atoms with van der Waals surface area (Å²) in [5.41, 5.74) is 0. The third-order valence-corrected chi connectivity index (χ3v) is 10.6. The summed E-state index contributed by atoms with van der Waals surface area (Å²) in [5.74, 6) is -1.93. The smallest absolute Gasteiger partial charge is 0.287 e. The van der Waals surface area contributed by atoms with E-state index in [9.17, 15) is 14.4 Å². The molecular weight excluding hydrogens is 608 g/mol. The van der Waals surface area contributed by atoms with Gasteiger partial charge >= 0.3 is 11.9 Å². The topological polar surface area (TPSA) is 69.7 Å². The van der Waals surface area contributed by atoms with Gasteiger partial charge in [-0.25, -0.2) is 19.4 Å². The van der Waals surface area contributed by atoms with Crippen LogP contribution in [0, 0.1) is 11.8 Å². The Bertz CT molecular complexity index is 735. The van der Waals surface area contributed by atoms with Crippen LogP contribution < -0.4 is 0 Å². The summed E-state index contributed by atoms with van der Waals surface area (Å²) in [7, 11) is 0. The van der Waals surface area contributed by atoms with Gasteiger partial charge in [-0.1, -0.05) is 227 Å². The molecule has 2 atom stereocenters. The van der Waals surface area contributed by atoms with Crippen molar-refractivity contribution >= 4 is 17.7 Å². The minimum absolute atomic E-state index is 0.159. The van der Waals surface area contributed by atoms with Crippen LogP contribution in [0.4, 0.5) is 0 Å². The predicted molar refractivity (Wildman–Crippen MR) is 208 cm³/mol. The van der Waals surface area contributed by atoms with Gasteiger partial charge in [-0.2, -0.15) is 0 Å². The highest BCUT2D eigenvalue weighted by atomic mass is 17.2.